The first-order valence-corrected chi connectivity index (χ1v) is 6.94. The Kier molecular flexibility index (Phi) is 3.83. The maximum atomic E-state index is 11.7. The molecular weight excluding hydrogens is 238 g/mol. The maximum absolute atomic E-state index is 11.7. The van der Waals surface area contributed by atoms with Crippen molar-refractivity contribution in [1.29, 1.82) is 0 Å². The van der Waals surface area contributed by atoms with Crippen LogP contribution in [0, 0.1) is 0 Å². The highest BCUT2D eigenvalue weighted by molar-refractivity contribution is 5.68. The van der Waals surface area contributed by atoms with Gasteiger partial charge in [0.1, 0.15) is 6.10 Å². The molecule has 1 aliphatic carbocycles. The van der Waals surface area contributed by atoms with E-state index in [1.165, 1.54) is 18.4 Å². The van der Waals surface area contributed by atoms with Crippen molar-refractivity contribution < 1.29 is 9.53 Å². The van der Waals surface area contributed by atoms with E-state index < -0.39 is 0 Å². The molecule has 0 saturated heterocycles. The number of benzene rings is 1. The fraction of sp³-hybridized carbons (Fsp3) is 0.562. The smallest absolute Gasteiger partial charge is 0.408 e. The molecule has 3 nitrogen and oxygen atoms in total. The van der Waals surface area contributed by atoms with Gasteiger partial charge in [0.2, 0.25) is 0 Å². The minimum Gasteiger partial charge on any atom is -0.442 e. The summed E-state index contributed by atoms with van der Waals surface area (Å²) in [6.07, 6.45) is 1.98. The summed E-state index contributed by atoms with van der Waals surface area (Å²) in [5.74, 6) is 0.718. The average molecular weight is 261 g/mol. The summed E-state index contributed by atoms with van der Waals surface area (Å²) in [5.41, 5.74) is 2.16. The first kappa shape index (κ1) is 13.9. The molecule has 0 bridgehead atoms. The number of rotatable bonds is 3. The predicted molar refractivity (Wildman–Crippen MR) is 76.2 cm³/mol. The van der Waals surface area contributed by atoms with Crippen LogP contribution >= 0.6 is 0 Å². The Morgan fingerprint density at radius 1 is 1.37 bits per heavy atom. The van der Waals surface area contributed by atoms with Crippen LogP contribution in [0.2, 0.25) is 0 Å². The van der Waals surface area contributed by atoms with Crippen molar-refractivity contribution in [1.82, 2.24) is 5.32 Å². The summed E-state index contributed by atoms with van der Waals surface area (Å²) in [6.45, 7) is 7.72. The van der Waals surface area contributed by atoms with Crippen LogP contribution < -0.4 is 5.32 Å². The molecule has 1 atom stereocenters. The zero-order valence-electron chi connectivity index (χ0n) is 12.2. The lowest BCUT2D eigenvalue weighted by atomic mass is 10.0. The monoisotopic (exact) mass is 261 g/mol. The Bertz CT molecular complexity index is 458. The summed E-state index contributed by atoms with van der Waals surface area (Å²) in [7, 11) is 0. The molecule has 1 amide bonds. The largest absolute Gasteiger partial charge is 0.442 e. The zero-order valence-corrected chi connectivity index (χ0v) is 12.2. The lowest BCUT2D eigenvalue weighted by molar-refractivity contribution is 0.1000. The summed E-state index contributed by atoms with van der Waals surface area (Å²) >= 11 is 0. The molecule has 0 aliphatic heterocycles. The molecular formula is C16H23NO2. The second-order valence-electron chi connectivity index (χ2n) is 6.37. The molecule has 1 aromatic carbocycles. The second-order valence-corrected chi connectivity index (χ2v) is 6.37. The third kappa shape index (κ3) is 4.27. The second kappa shape index (κ2) is 5.24. The lowest BCUT2D eigenvalue weighted by Crippen LogP contribution is -2.41. The van der Waals surface area contributed by atoms with Crippen molar-refractivity contribution in [2.75, 3.05) is 0 Å². The molecule has 0 unspecified atom stereocenters. The fourth-order valence-electron chi connectivity index (χ4n) is 2.05. The van der Waals surface area contributed by atoms with Gasteiger partial charge in [-0.25, -0.2) is 4.79 Å². The fourth-order valence-corrected chi connectivity index (χ4v) is 2.05. The van der Waals surface area contributed by atoms with Crippen LogP contribution in [0.4, 0.5) is 4.79 Å². The highest BCUT2D eigenvalue weighted by atomic mass is 16.6. The van der Waals surface area contributed by atoms with Crippen LogP contribution in [-0.4, -0.2) is 11.6 Å². The molecule has 3 heteroatoms. The van der Waals surface area contributed by atoms with E-state index in [1.54, 1.807) is 0 Å². The van der Waals surface area contributed by atoms with Gasteiger partial charge in [0.05, 0.1) is 0 Å². The van der Waals surface area contributed by atoms with Crippen LogP contribution in [0.3, 0.4) is 0 Å². The van der Waals surface area contributed by atoms with E-state index in [-0.39, 0.29) is 17.7 Å². The number of hydrogen-bond acceptors (Lipinski definition) is 2. The minimum atomic E-state index is -0.364. The summed E-state index contributed by atoms with van der Waals surface area (Å²) in [6, 6.07) is 8.38. The summed E-state index contributed by atoms with van der Waals surface area (Å²) in [5, 5.41) is 2.81. The van der Waals surface area contributed by atoms with Crippen LogP contribution in [-0.2, 0) is 4.74 Å². The van der Waals surface area contributed by atoms with Gasteiger partial charge in [-0.05, 0) is 57.6 Å². The van der Waals surface area contributed by atoms with Crippen LogP contribution in [0.5, 0.6) is 0 Å². The van der Waals surface area contributed by atoms with Crippen molar-refractivity contribution in [2.45, 2.75) is 58.1 Å². The number of ether oxygens (including phenoxy) is 1. The maximum Gasteiger partial charge on any atom is 0.408 e. The SMILES string of the molecule is C[C@@H](OC(=O)NC(C)(C)C)c1cccc(C2CC2)c1. The molecule has 1 N–H and O–H groups in total. The van der Waals surface area contributed by atoms with Gasteiger partial charge in [0.15, 0.2) is 0 Å². The van der Waals surface area contributed by atoms with Crippen LogP contribution in [0.25, 0.3) is 0 Å². The molecule has 2 rings (SSSR count). The van der Waals surface area contributed by atoms with Crippen molar-refractivity contribution in [2.24, 2.45) is 0 Å². The topological polar surface area (TPSA) is 38.3 Å². The van der Waals surface area contributed by atoms with Gasteiger partial charge >= 0.3 is 6.09 Å². The van der Waals surface area contributed by atoms with Gasteiger partial charge in [-0.2, -0.15) is 0 Å². The first-order valence-electron chi connectivity index (χ1n) is 6.94. The molecule has 19 heavy (non-hydrogen) atoms. The Morgan fingerprint density at radius 2 is 2.05 bits per heavy atom. The summed E-state index contributed by atoms with van der Waals surface area (Å²) in [4.78, 5) is 11.7. The number of carbonyl (C=O) groups excluding carboxylic acids is 1. The van der Waals surface area contributed by atoms with E-state index in [1.807, 2.05) is 39.8 Å². The van der Waals surface area contributed by atoms with Gasteiger partial charge in [0.25, 0.3) is 0 Å². The lowest BCUT2D eigenvalue weighted by Gasteiger charge is -2.22. The van der Waals surface area contributed by atoms with Crippen LogP contribution in [0.1, 0.15) is 63.7 Å². The highest BCUT2D eigenvalue weighted by Crippen LogP contribution is 2.40. The highest BCUT2D eigenvalue weighted by Gasteiger charge is 2.24. The molecule has 0 heterocycles. The predicted octanol–water partition coefficient (Wildman–Crippen LogP) is 4.15. The quantitative estimate of drug-likeness (QED) is 0.887. The van der Waals surface area contributed by atoms with E-state index in [2.05, 4.69) is 17.4 Å². The Morgan fingerprint density at radius 3 is 2.63 bits per heavy atom. The number of alkyl carbamates (subject to hydrolysis) is 1. The third-order valence-corrected chi connectivity index (χ3v) is 3.19. The molecule has 1 fully saturated rings. The molecule has 0 radical (unpaired) electrons. The Balaban J connectivity index is 1.97. The van der Waals surface area contributed by atoms with Gasteiger partial charge < -0.3 is 10.1 Å². The van der Waals surface area contributed by atoms with Gasteiger partial charge in [-0.3, -0.25) is 0 Å². The molecule has 0 spiro atoms. The minimum absolute atomic E-state index is 0.221. The Hall–Kier alpha value is -1.51. The van der Waals surface area contributed by atoms with Crippen molar-refractivity contribution >= 4 is 6.09 Å². The van der Waals surface area contributed by atoms with Gasteiger partial charge in [-0.1, -0.05) is 24.3 Å². The number of carbonyl (C=O) groups is 1. The van der Waals surface area contributed by atoms with Gasteiger partial charge in [0, 0.05) is 5.54 Å². The van der Waals surface area contributed by atoms with Crippen molar-refractivity contribution in [3.05, 3.63) is 35.4 Å². The normalized spacial score (nSPS) is 16.8. The first-order chi connectivity index (χ1) is 8.85. The molecule has 0 aromatic heterocycles. The van der Waals surface area contributed by atoms with E-state index in [4.69, 9.17) is 4.74 Å². The molecule has 1 saturated carbocycles. The van der Waals surface area contributed by atoms with Crippen molar-refractivity contribution in [3.8, 4) is 0 Å². The molecule has 1 aliphatic rings. The number of hydrogen-bond donors (Lipinski definition) is 1. The van der Waals surface area contributed by atoms with E-state index in [0.717, 1.165) is 11.5 Å². The van der Waals surface area contributed by atoms with E-state index in [0.29, 0.717) is 0 Å². The molecule has 104 valence electrons. The summed E-state index contributed by atoms with van der Waals surface area (Å²) < 4.78 is 5.42. The molecule has 1 aromatic rings. The standard InChI is InChI=1S/C16H23NO2/c1-11(19-15(18)17-16(2,3)4)13-6-5-7-14(10-13)12-8-9-12/h5-7,10-12H,8-9H2,1-4H3,(H,17,18)/t11-/m1/s1. The zero-order chi connectivity index (χ0) is 14.0. The van der Waals surface area contributed by atoms with E-state index >= 15 is 0 Å². The number of nitrogens with one attached hydrogen (secondary N) is 1. The van der Waals surface area contributed by atoms with E-state index in [9.17, 15) is 4.79 Å². The third-order valence-electron chi connectivity index (χ3n) is 3.19. The Labute approximate surface area is 115 Å². The van der Waals surface area contributed by atoms with Crippen LogP contribution in [0.15, 0.2) is 24.3 Å². The van der Waals surface area contributed by atoms with Gasteiger partial charge in [-0.15, -0.1) is 0 Å². The number of amides is 1. The van der Waals surface area contributed by atoms with Crippen molar-refractivity contribution in [3.63, 3.8) is 0 Å². The average Bonchev–Trinajstić information content (AvgIpc) is 3.10.